The quantitative estimate of drug-likeness (QED) is 0.765. The van der Waals surface area contributed by atoms with Gasteiger partial charge in [-0.3, -0.25) is 0 Å². The Labute approximate surface area is 101 Å². The molecule has 2 rings (SSSR count). The van der Waals surface area contributed by atoms with E-state index in [-0.39, 0.29) is 0 Å². The summed E-state index contributed by atoms with van der Waals surface area (Å²) in [5.74, 6) is 1.72. The van der Waals surface area contributed by atoms with E-state index in [1.807, 2.05) is 0 Å². The Morgan fingerprint density at radius 2 is 1.81 bits per heavy atom. The third-order valence-electron chi connectivity index (χ3n) is 5.50. The maximum Gasteiger partial charge on any atom is -0.000825 e. The number of piperidine rings is 1. The molecule has 1 aliphatic heterocycles. The maximum atomic E-state index is 3.69. The lowest BCUT2D eigenvalue weighted by atomic mass is 9.99. The molecule has 1 atom stereocenters. The second-order valence-electron chi connectivity index (χ2n) is 6.87. The minimum Gasteiger partial charge on any atom is -0.316 e. The molecule has 16 heavy (non-hydrogen) atoms. The van der Waals surface area contributed by atoms with E-state index >= 15 is 0 Å². The van der Waals surface area contributed by atoms with Crippen molar-refractivity contribution in [3.05, 3.63) is 0 Å². The second kappa shape index (κ2) is 4.30. The Bertz CT molecular complexity index is 225. The van der Waals surface area contributed by atoms with Crippen LogP contribution in [0.25, 0.3) is 0 Å². The van der Waals surface area contributed by atoms with Gasteiger partial charge in [-0.1, -0.05) is 27.7 Å². The largest absolute Gasteiger partial charge is 0.316 e. The molecule has 2 fully saturated rings. The van der Waals surface area contributed by atoms with Gasteiger partial charge in [-0.25, -0.2) is 0 Å². The first-order chi connectivity index (χ1) is 7.46. The summed E-state index contributed by atoms with van der Waals surface area (Å²) in [5.41, 5.74) is 1.07. The molecule has 0 radical (unpaired) electrons. The molecule has 2 aliphatic rings. The predicted molar refractivity (Wildman–Crippen MR) is 69.5 cm³/mol. The van der Waals surface area contributed by atoms with Crippen molar-refractivity contribution in [2.24, 2.45) is 22.7 Å². The highest BCUT2D eigenvalue weighted by Gasteiger charge is 2.63. The summed E-state index contributed by atoms with van der Waals surface area (Å²) >= 11 is 0. The van der Waals surface area contributed by atoms with E-state index in [0.29, 0.717) is 10.8 Å². The third-order valence-corrected chi connectivity index (χ3v) is 5.50. The number of rotatable bonds is 4. The van der Waals surface area contributed by atoms with E-state index in [1.54, 1.807) is 0 Å². The van der Waals surface area contributed by atoms with Gasteiger partial charge in [0.2, 0.25) is 0 Å². The van der Waals surface area contributed by atoms with E-state index < -0.39 is 0 Å². The summed E-state index contributed by atoms with van der Waals surface area (Å²) in [7, 11) is 0. The average Bonchev–Trinajstić information content (AvgIpc) is 2.62. The lowest BCUT2D eigenvalue weighted by Crippen LogP contribution is -2.36. The highest BCUT2D eigenvalue weighted by molar-refractivity contribution is 5.12. The van der Waals surface area contributed by atoms with Crippen LogP contribution in [0.2, 0.25) is 0 Å². The van der Waals surface area contributed by atoms with Crippen molar-refractivity contribution >= 4 is 0 Å². The topological polar surface area (TPSA) is 24.1 Å². The molecule has 1 unspecified atom stereocenters. The van der Waals surface area contributed by atoms with Gasteiger partial charge >= 0.3 is 0 Å². The van der Waals surface area contributed by atoms with E-state index in [4.69, 9.17) is 0 Å². The van der Waals surface area contributed by atoms with Gasteiger partial charge in [-0.05, 0) is 61.7 Å². The first-order valence-corrected chi connectivity index (χ1v) is 6.87. The standard InChI is InChI=1S/C14H28N2/c1-13(2)12(14(13,3)4)10-16-9-11-6-5-7-15-8-11/h11-12,15-16H,5-10H2,1-4H3. The van der Waals surface area contributed by atoms with Crippen LogP contribution in [0.1, 0.15) is 40.5 Å². The van der Waals surface area contributed by atoms with Crippen LogP contribution in [-0.2, 0) is 0 Å². The monoisotopic (exact) mass is 224 g/mol. The molecule has 1 heterocycles. The van der Waals surface area contributed by atoms with Gasteiger partial charge in [0, 0.05) is 0 Å². The molecule has 0 bridgehead atoms. The lowest BCUT2D eigenvalue weighted by Gasteiger charge is -2.23. The minimum absolute atomic E-state index is 0.533. The molecular weight excluding hydrogens is 196 g/mol. The molecule has 0 aromatic carbocycles. The van der Waals surface area contributed by atoms with E-state index in [9.17, 15) is 0 Å². The zero-order valence-electron chi connectivity index (χ0n) is 11.4. The van der Waals surface area contributed by atoms with Crippen molar-refractivity contribution in [1.82, 2.24) is 10.6 Å². The van der Waals surface area contributed by atoms with Crippen LogP contribution in [0.4, 0.5) is 0 Å². The highest BCUT2D eigenvalue weighted by Crippen LogP contribution is 2.67. The van der Waals surface area contributed by atoms with Gasteiger partial charge in [-0.2, -0.15) is 0 Å². The van der Waals surface area contributed by atoms with Crippen LogP contribution in [0.3, 0.4) is 0 Å². The summed E-state index contributed by atoms with van der Waals surface area (Å²) in [4.78, 5) is 0. The zero-order chi connectivity index (χ0) is 11.8. The summed E-state index contributed by atoms with van der Waals surface area (Å²) in [6.07, 6.45) is 2.75. The van der Waals surface area contributed by atoms with Crippen molar-refractivity contribution < 1.29 is 0 Å². The first kappa shape index (κ1) is 12.4. The molecule has 0 spiro atoms. The molecule has 2 nitrogen and oxygen atoms in total. The van der Waals surface area contributed by atoms with Crippen molar-refractivity contribution in [3.8, 4) is 0 Å². The van der Waals surface area contributed by atoms with Gasteiger partial charge in [0.05, 0.1) is 0 Å². The van der Waals surface area contributed by atoms with Gasteiger partial charge in [0.1, 0.15) is 0 Å². The van der Waals surface area contributed by atoms with Crippen LogP contribution in [0.5, 0.6) is 0 Å². The van der Waals surface area contributed by atoms with Gasteiger partial charge in [0.25, 0.3) is 0 Å². The Morgan fingerprint density at radius 1 is 1.12 bits per heavy atom. The minimum atomic E-state index is 0.533. The molecule has 94 valence electrons. The van der Waals surface area contributed by atoms with Crippen molar-refractivity contribution in [1.29, 1.82) is 0 Å². The van der Waals surface area contributed by atoms with Gasteiger partial charge in [0.15, 0.2) is 0 Å². The van der Waals surface area contributed by atoms with E-state index in [1.165, 1.54) is 39.0 Å². The van der Waals surface area contributed by atoms with Gasteiger partial charge < -0.3 is 10.6 Å². The molecule has 1 aliphatic carbocycles. The Hall–Kier alpha value is -0.0800. The van der Waals surface area contributed by atoms with Crippen molar-refractivity contribution in [2.75, 3.05) is 26.2 Å². The van der Waals surface area contributed by atoms with Gasteiger partial charge in [-0.15, -0.1) is 0 Å². The first-order valence-electron chi connectivity index (χ1n) is 6.87. The van der Waals surface area contributed by atoms with Crippen molar-refractivity contribution in [2.45, 2.75) is 40.5 Å². The lowest BCUT2D eigenvalue weighted by molar-refractivity contribution is 0.354. The SMILES string of the molecule is CC1(C)C(CNCC2CCCNC2)C1(C)C. The third kappa shape index (κ3) is 2.14. The summed E-state index contributed by atoms with van der Waals surface area (Å²) < 4.78 is 0. The molecule has 0 aromatic rings. The molecule has 2 N–H and O–H groups in total. The Morgan fingerprint density at radius 3 is 2.31 bits per heavy atom. The summed E-state index contributed by atoms with van der Waals surface area (Å²) in [6.45, 7) is 14.5. The summed E-state index contributed by atoms with van der Waals surface area (Å²) in [6, 6.07) is 0. The second-order valence-corrected chi connectivity index (χ2v) is 6.87. The molecule has 1 saturated heterocycles. The Kier molecular flexibility index (Phi) is 3.33. The zero-order valence-corrected chi connectivity index (χ0v) is 11.4. The molecular formula is C14H28N2. The fourth-order valence-corrected chi connectivity index (χ4v) is 3.37. The number of hydrogen-bond acceptors (Lipinski definition) is 2. The van der Waals surface area contributed by atoms with Crippen LogP contribution in [0.15, 0.2) is 0 Å². The van der Waals surface area contributed by atoms with E-state index in [0.717, 1.165) is 11.8 Å². The normalized spacial score (nSPS) is 32.6. The van der Waals surface area contributed by atoms with E-state index in [2.05, 4.69) is 38.3 Å². The van der Waals surface area contributed by atoms with Crippen molar-refractivity contribution in [3.63, 3.8) is 0 Å². The van der Waals surface area contributed by atoms with Crippen LogP contribution in [0, 0.1) is 22.7 Å². The predicted octanol–water partition coefficient (Wildman–Crippen LogP) is 2.26. The maximum absolute atomic E-state index is 3.69. The van der Waals surface area contributed by atoms with Crippen LogP contribution >= 0.6 is 0 Å². The fourth-order valence-electron chi connectivity index (χ4n) is 3.37. The Balaban J connectivity index is 1.66. The van der Waals surface area contributed by atoms with Crippen LogP contribution < -0.4 is 10.6 Å². The molecule has 0 aromatic heterocycles. The molecule has 2 heteroatoms. The molecule has 1 saturated carbocycles. The van der Waals surface area contributed by atoms with Crippen LogP contribution in [-0.4, -0.2) is 26.2 Å². The average molecular weight is 224 g/mol. The number of hydrogen-bond donors (Lipinski definition) is 2. The smallest absolute Gasteiger partial charge is 0.000825 e. The number of nitrogens with one attached hydrogen (secondary N) is 2. The highest BCUT2D eigenvalue weighted by atomic mass is 14.9. The fraction of sp³-hybridized carbons (Fsp3) is 1.00. The molecule has 0 amide bonds. The summed E-state index contributed by atoms with van der Waals surface area (Å²) in [5, 5.41) is 7.17.